The molecule has 2 aromatic rings. The minimum Gasteiger partial charge on any atom is -0.478 e. The molecule has 1 fully saturated rings. The fourth-order valence-electron chi connectivity index (χ4n) is 2.82. The minimum atomic E-state index is -0.109. The van der Waals surface area contributed by atoms with Crippen molar-refractivity contribution in [1.29, 1.82) is 5.26 Å². The van der Waals surface area contributed by atoms with Crippen LogP contribution in [0.2, 0.25) is 0 Å². The van der Waals surface area contributed by atoms with E-state index in [2.05, 4.69) is 16.0 Å². The maximum Gasteiger partial charge on any atom is 0.255 e. The molecule has 0 atom stereocenters. The van der Waals surface area contributed by atoms with Gasteiger partial charge in [0.2, 0.25) is 11.8 Å². The Labute approximate surface area is 165 Å². The van der Waals surface area contributed by atoms with Crippen LogP contribution in [0.3, 0.4) is 0 Å². The molecular weight excluding hydrogens is 366 g/mol. The number of benzene rings is 1. The number of nitriles is 1. The van der Waals surface area contributed by atoms with Crippen LogP contribution in [-0.2, 0) is 0 Å². The van der Waals surface area contributed by atoms with Crippen molar-refractivity contribution < 1.29 is 9.53 Å². The zero-order chi connectivity index (χ0) is 18.4. The number of halogens is 1. The first-order chi connectivity index (χ1) is 12.7. The second-order valence-electron chi connectivity index (χ2n) is 5.98. The number of carbonyl (C=O) groups excluding carboxylic acids is 1. The fourth-order valence-corrected chi connectivity index (χ4v) is 2.82. The highest BCUT2D eigenvalue weighted by Gasteiger charge is 2.25. The minimum absolute atomic E-state index is 0. The fraction of sp³-hybridized carbons (Fsp3) is 0.368. The molecule has 7 nitrogen and oxygen atoms in total. The third kappa shape index (κ3) is 4.86. The zero-order valence-electron chi connectivity index (χ0n) is 15.2. The van der Waals surface area contributed by atoms with E-state index in [9.17, 15) is 10.1 Å². The Morgan fingerprint density at radius 2 is 1.96 bits per heavy atom. The maximum atomic E-state index is 12.7. The summed E-state index contributed by atoms with van der Waals surface area (Å²) in [7, 11) is 0. The number of piperazine rings is 1. The highest BCUT2D eigenvalue weighted by Crippen LogP contribution is 2.17. The van der Waals surface area contributed by atoms with Crippen LogP contribution in [0.25, 0.3) is 0 Å². The molecule has 1 aromatic heterocycles. The summed E-state index contributed by atoms with van der Waals surface area (Å²) < 4.78 is 5.56. The molecule has 0 spiro atoms. The lowest BCUT2D eigenvalue weighted by molar-refractivity contribution is 0.0746. The van der Waals surface area contributed by atoms with Gasteiger partial charge in [0.05, 0.1) is 23.8 Å². The number of aromatic nitrogens is 2. The van der Waals surface area contributed by atoms with Crippen LogP contribution >= 0.6 is 12.4 Å². The Balaban J connectivity index is 0.00000261. The van der Waals surface area contributed by atoms with Gasteiger partial charge in [-0.05, 0) is 18.6 Å². The Hall–Kier alpha value is -2.85. The normalized spacial score (nSPS) is 13.5. The van der Waals surface area contributed by atoms with E-state index in [1.165, 1.54) is 0 Å². The number of rotatable bonds is 5. The highest BCUT2D eigenvalue weighted by molar-refractivity contribution is 5.96. The molecule has 27 heavy (non-hydrogen) atoms. The summed E-state index contributed by atoms with van der Waals surface area (Å²) in [5.41, 5.74) is 0.860. The van der Waals surface area contributed by atoms with E-state index in [0.29, 0.717) is 55.7 Å². The number of amides is 1. The van der Waals surface area contributed by atoms with Gasteiger partial charge in [-0.2, -0.15) is 10.2 Å². The van der Waals surface area contributed by atoms with Crippen LogP contribution in [0.1, 0.15) is 29.3 Å². The van der Waals surface area contributed by atoms with E-state index >= 15 is 0 Å². The quantitative estimate of drug-likeness (QED) is 0.784. The smallest absolute Gasteiger partial charge is 0.255 e. The Morgan fingerprint density at radius 3 is 2.67 bits per heavy atom. The molecule has 0 radical (unpaired) electrons. The predicted octanol–water partition coefficient (Wildman–Crippen LogP) is 2.52. The zero-order valence-corrected chi connectivity index (χ0v) is 16.0. The van der Waals surface area contributed by atoms with Crippen molar-refractivity contribution in [3.63, 3.8) is 0 Å². The van der Waals surface area contributed by atoms with Crippen LogP contribution in [0, 0.1) is 11.3 Å². The first-order valence-electron chi connectivity index (χ1n) is 8.72. The van der Waals surface area contributed by atoms with Crippen LogP contribution in [0.15, 0.2) is 36.5 Å². The van der Waals surface area contributed by atoms with Gasteiger partial charge in [-0.25, -0.2) is 4.98 Å². The lowest BCUT2D eigenvalue weighted by Gasteiger charge is -2.34. The molecular formula is C19H22ClN5O2. The molecule has 2 heterocycles. The van der Waals surface area contributed by atoms with Gasteiger partial charge >= 0.3 is 0 Å². The van der Waals surface area contributed by atoms with Crippen LogP contribution in [0.4, 0.5) is 5.95 Å². The van der Waals surface area contributed by atoms with Crippen molar-refractivity contribution >= 4 is 24.3 Å². The SMILES string of the molecule is CCCOc1ccnc(N2CCN(C(=O)c3ccccc3C#N)CC2)n1.Cl. The van der Waals surface area contributed by atoms with Crippen LogP contribution < -0.4 is 9.64 Å². The second-order valence-corrected chi connectivity index (χ2v) is 5.98. The Morgan fingerprint density at radius 1 is 1.22 bits per heavy atom. The lowest BCUT2D eigenvalue weighted by Crippen LogP contribution is -2.49. The second kappa shape index (κ2) is 9.74. The van der Waals surface area contributed by atoms with Crippen LogP contribution in [0.5, 0.6) is 5.88 Å². The average molecular weight is 388 g/mol. The van der Waals surface area contributed by atoms with E-state index in [0.717, 1.165) is 6.42 Å². The molecule has 142 valence electrons. The molecule has 1 aliphatic heterocycles. The summed E-state index contributed by atoms with van der Waals surface area (Å²) in [6.07, 6.45) is 2.61. The van der Waals surface area contributed by atoms with E-state index < -0.39 is 0 Å². The molecule has 0 unspecified atom stereocenters. The number of ether oxygens (including phenoxy) is 1. The molecule has 0 N–H and O–H groups in total. The highest BCUT2D eigenvalue weighted by atomic mass is 35.5. The predicted molar refractivity (Wildman–Crippen MR) is 104 cm³/mol. The number of hydrogen-bond acceptors (Lipinski definition) is 6. The average Bonchev–Trinajstić information content (AvgIpc) is 2.72. The third-order valence-electron chi connectivity index (χ3n) is 4.20. The number of anilines is 1. The summed E-state index contributed by atoms with van der Waals surface area (Å²) in [6.45, 7) is 5.05. The topological polar surface area (TPSA) is 82.4 Å². The number of nitrogens with zero attached hydrogens (tertiary/aromatic N) is 5. The molecule has 3 rings (SSSR count). The van der Waals surface area contributed by atoms with Gasteiger partial charge < -0.3 is 14.5 Å². The Kier molecular flexibility index (Phi) is 7.38. The van der Waals surface area contributed by atoms with Crippen molar-refractivity contribution in [2.24, 2.45) is 0 Å². The van der Waals surface area contributed by atoms with Crippen molar-refractivity contribution in [1.82, 2.24) is 14.9 Å². The molecule has 1 aliphatic rings. The van der Waals surface area contributed by atoms with E-state index in [1.807, 2.05) is 11.8 Å². The summed E-state index contributed by atoms with van der Waals surface area (Å²) in [4.78, 5) is 25.3. The summed E-state index contributed by atoms with van der Waals surface area (Å²) >= 11 is 0. The maximum absolute atomic E-state index is 12.7. The van der Waals surface area contributed by atoms with Gasteiger partial charge in [-0.15, -0.1) is 12.4 Å². The molecule has 0 saturated carbocycles. The van der Waals surface area contributed by atoms with E-state index in [4.69, 9.17) is 4.74 Å². The summed E-state index contributed by atoms with van der Waals surface area (Å²) in [5.74, 6) is 1.07. The van der Waals surface area contributed by atoms with Crippen molar-refractivity contribution in [3.8, 4) is 11.9 Å². The molecule has 8 heteroatoms. The van der Waals surface area contributed by atoms with Gasteiger partial charge in [0.1, 0.15) is 0 Å². The van der Waals surface area contributed by atoms with Crippen molar-refractivity contribution in [3.05, 3.63) is 47.7 Å². The van der Waals surface area contributed by atoms with Gasteiger partial charge in [0.15, 0.2) is 0 Å². The van der Waals surface area contributed by atoms with Gasteiger partial charge in [0.25, 0.3) is 5.91 Å². The molecule has 0 aliphatic carbocycles. The van der Waals surface area contributed by atoms with E-state index in [-0.39, 0.29) is 18.3 Å². The standard InChI is InChI=1S/C19H21N5O2.ClH/c1-2-13-26-17-7-8-21-19(22-17)24-11-9-23(10-12-24)18(25)16-6-4-3-5-15(16)14-20;/h3-8H,2,9-13H2,1H3;1H. The molecule has 1 saturated heterocycles. The molecule has 1 amide bonds. The molecule has 0 bridgehead atoms. The third-order valence-corrected chi connectivity index (χ3v) is 4.20. The number of hydrogen-bond donors (Lipinski definition) is 0. The first kappa shape index (κ1) is 20.5. The monoisotopic (exact) mass is 387 g/mol. The first-order valence-corrected chi connectivity index (χ1v) is 8.72. The van der Waals surface area contributed by atoms with Crippen LogP contribution in [-0.4, -0.2) is 53.6 Å². The van der Waals surface area contributed by atoms with Gasteiger partial charge in [0, 0.05) is 38.4 Å². The molecule has 1 aromatic carbocycles. The Bertz CT molecular complexity index is 816. The van der Waals surface area contributed by atoms with Gasteiger partial charge in [-0.1, -0.05) is 19.1 Å². The summed E-state index contributed by atoms with van der Waals surface area (Å²) in [6, 6.07) is 10.7. The van der Waals surface area contributed by atoms with Crippen molar-refractivity contribution in [2.75, 3.05) is 37.7 Å². The lowest BCUT2D eigenvalue weighted by atomic mass is 10.1. The van der Waals surface area contributed by atoms with E-state index in [1.54, 1.807) is 41.4 Å². The van der Waals surface area contributed by atoms with Gasteiger partial charge in [-0.3, -0.25) is 4.79 Å². The number of carbonyl (C=O) groups is 1. The largest absolute Gasteiger partial charge is 0.478 e. The van der Waals surface area contributed by atoms with Crippen molar-refractivity contribution in [2.45, 2.75) is 13.3 Å². The summed E-state index contributed by atoms with van der Waals surface area (Å²) in [5, 5.41) is 9.19.